The number of rotatable bonds is 10. The molecule has 2 aromatic rings. The maximum atomic E-state index is 13.3. The lowest BCUT2D eigenvalue weighted by atomic mass is 10.1. The SMILES string of the molecule is CCCCSCCCNC(=O)CN1C(=O)/C(=C/c2ccccc2C)Sc2ccccc21. The summed E-state index contributed by atoms with van der Waals surface area (Å²) in [6, 6.07) is 15.8. The second-order valence-electron chi connectivity index (χ2n) is 7.50. The quantitative estimate of drug-likeness (QED) is 0.380. The minimum Gasteiger partial charge on any atom is -0.355 e. The fourth-order valence-electron chi connectivity index (χ4n) is 3.26. The molecule has 0 spiro atoms. The van der Waals surface area contributed by atoms with Gasteiger partial charge in [-0.05, 0) is 60.6 Å². The fraction of sp³-hybridized carbons (Fsp3) is 0.360. The van der Waals surface area contributed by atoms with Gasteiger partial charge in [-0.2, -0.15) is 11.8 Å². The average Bonchev–Trinajstić information content (AvgIpc) is 2.77. The number of fused-ring (bicyclic) bond motifs is 1. The number of anilines is 1. The molecule has 2 aromatic carbocycles. The molecular formula is C25H30N2O2S2. The largest absolute Gasteiger partial charge is 0.355 e. The third-order valence-electron chi connectivity index (χ3n) is 5.04. The first kappa shape index (κ1) is 23.5. The van der Waals surface area contributed by atoms with Crippen molar-refractivity contribution >= 4 is 47.1 Å². The van der Waals surface area contributed by atoms with E-state index >= 15 is 0 Å². The van der Waals surface area contributed by atoms with Crippen molar-refractivity contribution in [1.29, 1.82) is 0 Å². The molecule has 1 aliphatic rings. The van der Waals surface area contributed by atoms with Crippen molar-refractivity contribution < 1.29 is 9.59 Å². The Morgan fingerprint density at radius 1 is 1.10 bits per heavy atom. The van der Waals surface area contributed by atoms with Gasteiger partial charge in [0.2, 0.25) is 5.91 Å². The number of amides is 2. The molecule has 6 heteroatoms. The third-order valence-corrected chi connectivity index (χ3v) is 7.27. The second kappa shape index (κ2) is 12.0. The van der Waals surface area contributed by atoms with E-state index < -0.39 is 0 Å². The second-order valence-corrected chi connectivity index (χ2v) is 9.80. The molecule has 2 amide bonds. The smallest absolute Gasteiger partial charge is 0.265 e. The Morgan fingerprint density at radius 3 is 2.65 bits per heavy atom. The molecule has 1 aliphatic heterocycles. The molecule has 0 saturated carbocycles. The van der Waals surface area contributed by atoms with Gasteiger partial charge in [-0.1, -0.05) is 61.5 Å². The number of unbranched alkanes of at least 4 members (excludes halogenated alkanes) is 1. The summed E-state index contributed by atoms with van der Waals surface area (Å²) in [7, 11) is 0. The number of carbonyl (C=O) groups is 2. The van der Waals surface area contributed by atoms with Gasteiger partial charge in [0.1, 0.15) is 6.54 Å². The standard InChI is InChI=1S/C25H30N2O2S2/c1-3-4-15-30-16-9-14-26-24(28)18-27-21-12-7-8-13-22(21)31-23(25(27)29)17-20-11-6-5-10-19(20)2/h5-8,10-13,17H,3-4,9,14-16,18H2,1-2H3,(H,26,28)/b23-17-. The van der Waals surface area contributed by atoms with Crippen molar-refractivity contribution in [2.45, 2.75) is 38.0 Å². The van der Waals surface area contributed by atoms with Gasteiger partial charge in [0.25, 0.3) is 5.91 Å². The zero-order valence-electron chi connectivity index (χ0n) is 18.2. The van der Waals surface area contributed by atoms with Crippen molar-refractivity contribution in [2.24, 2.45) is 0 Å². The van der Waals surface area contributed by atoms with Gasteiger partial charge in [0.15, 0.2) is 0 Å². The van der Waals surface area contributed by atoms with E-state index in [1.165, 1.54) is 30.4 Å². The molecule has 31 heavy (non-hydrogen) atoms. The van der Waals surface area contributed by atoms with Crippen molar-refractivity contribution in [3.05, 3.63) is 64.6 Å². The summed E-state index contributed by atoms with van der Waals surface area (Å²) < 4.78 is 0. The van der Waals surface area contributed by atoms with Crippen LogP contribution in [0.1, 0.15) is 37.3 Å². The molecule has 0 saturated heterocycles. The van der Waals surface area contributed by atoms with Crippen LogP contribution in [0.4, 0.5) is 5.69 Å². The number of benzene rings is 2. The summed E-state index contributed by atoms with van der Waals surface area (Å²) in [5.74, 6) is 1.98. The van der Waals surface area contributed by atoms with E-state index in [0.717, 1.165) is 33.9 Å². The van der Waals surface area contributed by atoms with Crippen LogP contribution in [-0.4, -0.2) is 36.4 Å². The Morgan fingerprint density at radius 2 is 1.84 bits per heavy atom. The summed E-state index contributed by atoms with van der Waals surface area (Å²) in [5, 5.41) is 2.97. The molecule has 4 nitrogen and oxygen atoms in total. The molecule has 164 valence electrons. The predicted molar refractivity (Wildman–Crippen MR) is 134 cm³/mol. The van der Waals surface area contributed by atoms with Gasteiger partial charge in [-0.15, -0.1) is 0 Å². The maximum Gasteiger partial charge on any atom is 0.265 e. The Kier molecular flexibility index (Phi) is 9.10. The van der Waals surface area contributed by atoms with Crippen LogP contribution >= 0.6 is 23.5 Å². The Hall–Kier alpha value is -2.18. The number of thioether (sulfide) groups is 2. The van der Waals surface area contributed by atoms with Crippen LogP contribution < -0.4 is 10.2 Å². The van der Waals surface area contributed by atoms with Gasteiger partial charge >= 0.3 is 0 Å². The normalized spacial score (nSPS) is 14.6. The van der Waals surface area contributed by atoms with Crippen LogP contribution in [-0.2, 0) is 9.59 Å². The zero-order chi connectivity index (χ0) is 22.1. The first-order valence-electron chi connectivity index (χ1n) is 10.8. The molecule has 1 N–H and O–H groups in total. The van der Waals surface area contributed by atoms with E-state index in [2.05, 4.69) is 12.2 Å². The van der Waals surface area contributed by atoms with Crippen LogP contribution in [0.2, 0.25) is 0 Å². The predicted octanol–water partition coefficient (Wildman–Crippen LogP) is 5.51. The molecule has 0 aliphatic carbocycles. The third kappa shape index (κ3) is 6.65. The molecule has 0 bridgehead atoms. The number of hydrogen-bond acceptors (Lipinski definition) is 4. The van der Waals surface area contributed by atoms with Crippen LogP contribution in [0.15, 0.2) is 58.3 Å². The zero-order valence-corrected chi connectivity index (χ0v) is 19.9. The fourth-order valence-corrected chi connectivity index (χ4v) is 5.35. The summed E-state index contributed by atoms with van der Waals surface area (Å²) in [6.07, 6.45) is 5.33. The van der Waals surface area contributed by atoms with Crippen LogP contribution in [0, 0.1) is 6.92 Å². The summed E-state index contributed by atoms with van der Waals surface area (Å²) in [4.78, 5) is 29.1. The van der Waals surface area contributed by atoms with Crippen molar-refractivity contribution in [2.75, 3.05) is 29.5 Å². The van der Waals surface area contributed by atoms with E-state index in [0.29, 0.717) is 11.4 Å². The highest BCUT2D eigenvalue weighted by Crippen LogP contribution is 2.42. The minimum absolute atomic E-state index is 0.0322. The van der Waals surface area contributed by atoms with E-state index in [-0.39, 0.29) is 18.4 Å². The molecule has 0 atom stereocenters. The molecule has 1 heterocycles. The molecule has 3 rings (SSSR count). The highest BCUT2D eigenvalue weighted by atomic mass is 32.2. The average molecular weight is 455 g/mol. The number of nitrogens with zero attached hydrogens (tertiary/aromatic N) is 1. The molecule has 0 unspecified atom stereocenters. The number of carbonyl (C=O) groups excluding carboxylic acids is 2. The lowest BCUT2D eigenvalue weighted by molar-refractivity contribution is -0.122. The first-order valence-corrected chi connectivity index (χ1v) is 12.8. The van der Waals surface area contributed by atoms with E-state index in [1.54, 1.807) is 4.90 Å². The monoisotopic (exact) mass is 454 g/mol. The van der Waals surface area contributed by atoms with Crippen LogP contribution in [0.25, 0.3) is 6.08 Å². The molecule has 0 aromatic heterocycles. The van der Waals surface area contributed by atoms with Gasteiger partial charge in [0.05, 0.1) is 10.6 Å². The molecular weight excluding hydrogens is 424 g/mol. The summed E-state index contributed by atoms with van der Waals surface area (Å²) in [5.41, 5.74) is 2.93. The van der Waals surface area contributed by atoms with E-state index in [1.807, 2.05) is 73.3 Å². The first-order chi connectivity index (χ1) is 15.1. The highest BCUT2D eigenvalue weighted by Gasteiger charge is 2.30. The van der Waals surface area contributed by atoms with Gasteiger partial charge in [0, 0.05) is 11.4 Å². The van der Waals surface area contributed by atoms with Gasteiger partial charge in [-0.25, -0.2) is 0 Å². The lowest BCUT2D eigenvalue weighted by Crippen LogP contribution is -2.43. The van der Waals surface area contributed by atoms with Crippen molar-refractivity contribution in [3.63, 3.8) is 0 Å². The Bertz CT molecular complexity index is 943. The minimum atomic E-state index is -0.128. The summed E-state index contributed by atoms with van der Waals surface area (Å²) in [6.45, 7) is 4.90. The topological polar surface area (TPSA) is 49.4 Å². The number of hydrogen-bond donors (Lipinski definition) is 1. The number of para-hydroxylation sites is 1. The number of aryl methyl sites for hydroxylation is 1. The molecule has 0 fully saturated rings. The van der Waals surface area contributed by atoms with Crippen LogP contribution in [0.3, 0.4) is 0 Å². The molecule has 0 radical (unpaired) electrons. The highest BCUT2D eigenvalue weighted by molar-refractivity contribution is 8.04. The van der Waals surface area contributed by atoms with Crippen LogP contribution in [0.5, 0.6) is 0 Å². The van der Waals surface area contributed by atoms with Crippen molar-refractivity contribution in [3.8, 4) is 0 Å². The van der Waals surface area contributed by atoms with Crippen molar-refractivity contribution in [1.82, 2.24) is 5.32 Å². The van der Waals surface area contributed by atoms with E-state index in [4.69, 9.17) is 0 Å². The lowest BCUT2D eigenvalue weighted by Gasteiger charge is -2.30. The Balaban J connectivity index is 1.66. The Labute approximate surface area is 193 Å². The number of nitrogens with one attached hydrogen (secondary N) is 1. The van der Waals surface area contributed by atoms with Gasteiger partial charge < -0.3 is 5.32 Å². The van der Waals surface area contributed by atoms with E-state index in [9.17, 15) is 9.59 Å². The maximum absolute atomic E-state index is 13.3. The van der Waals surface area contributed by atoms with Gasteiger partial charge in [-0.3, -0.25) is 14.5 Å². The summed E-state index contributed by atoms with van der Waals surface area (Å²) >= 11 is 3.40.